The Labute approximate surface area is 108 Å². The first-order chi connectivity index (χ1) is 8.59. The van der Waals surface area contributed by atoms with Gasteiger partial charge in [0.2, 0.25) is 11.8 Å². The predicted molar refractivity (Wildman–Crippen MR) is 67.0 cm³/mol. The van der Waals surface area contributed by atoms with Crippen molar-refractivity contribution in [2.24, 2.45) is 0 Å². The molecule has 0 aromatic heterocycles. The van der Waals surface area contributed by atoms with Gasteiger partial charge in [0.15, 0.2) is 0 Å². The lowest BCUT2D eigenvalue weighted by Crippen LogP contribution is -2.62. The minimum atomic E-state index is -0.128. The molecule has 0 N–H and O–H groups in total. The van der Waals surface area contributed by atoms with E-state index in [1.807, 2.05) is 16.8 Å². The van der Waals surface area contributed by atoms with Crippen molar-refractivity contribution < 1.29 is 14.3 Å². The summed E-state index contributed by atoms with van der Waals surface area (Å²) in [7, 11) is 3.42. The number of ether oxygens (including phenoxy) is 1. The van der Waals surface area contributed by atoms with Crippen LogP contribution in [0.25, 0.3) is 0 Å². The quantitative estimate of drug-likeness (QED) is 0.726. The molecule has 5 heteroatoms. The van der Waals surface area contributed by atoms with Crippen LogP contribution in [0, 0.1) is 0 Å². The average molecular weight is 254 g/mol. The van der Waals surface area contributed by atoms with Crippen LogP contribution < -0.4 is 0 Å². The lowest BCUT2D eigenvalue weighted by Gasteiger charge is -2.50. The number of likely N-dealkylation sites (tertiary alicyclic amines) is 2. The van der Waals surface area contributed by atoms with E-state index in [1.54, 1.807) is 0 Å². The summed E-state index contributed by atoms with van der Waals surface area (Å²) in [6, 6.07) is 0. The van der Waals surface area contributed by atoms with Crippen molar-refractivity contribution in [1.82, 2.24) is 9.80 Å². The van der Waals surface area contributed by atoms with E-state index in [9.17, 15) is 9.59 Å². The van der Waals surface area contributed by atoms with E-state index in [-0.39, 0.29) is 24.0 Å². The van der Waals surface area contributed by atoms with Gasteiger partial charge in [-0.2, -0.15) is 0 Å². The van der Waals surface area contributed by atoms with Crippen molar-refractivity contribution in [3.05, 3.63) is 0 Å². The second-order valence-electron chi connectivity index (χ2n) is 5.38. The maximum absolute atomic E-state index is 11.9. The number of likely N-dealkylation sites (N-methyl/N-ethyl adjacent to an activating group) is 1. The maximum Gasteiger partial charge on any atom is 0.248 e. The number of methoxy groups -OCH3 is 1. The van der Waals surface area contributed by atoms with E-state index in [0.29, 0.717) is 13.0 Å². The number of carbonyl (C=O) groups is 2. The molecular formula is C13H22N2O3. The van der Waals surface area contributed by atoms with Crippen LogP contribution in [0.4, 0.5) is 0 Å². The fourth-order valence-corrected chi connectivity index (χ4v) is 3.19. The highest BCUT2D eigenvalue weighted by molar-refractivity contribution is 5.79. The van der Waals surface area contributed by atoms with Gasteiger partial charge < -0.3 is 14.5 Å². The number of piperidine rings is 2. The molecule has 5 nitrogen and oxygen atoms in total. The van der Waals surface area contributed by atoms with Gasteiger partial charge in [0.05, 0.1) is 5.54 Å². The summed E-state index contributed by atoms with van der Waals surface area (Å²) in [4.78, 5) is 27.5. The van der Waals surface area contributed by atoms with E-state index < -0.39 is 0 Å². The number of carbonyl (C=O) groups excluding carboxylic acids is 2. The summed E-state index contributed by atoms with van der Waals surface area (Å²) >= 11 is 0. The molecule has 0 radical (unpaired) electrons. The van der Waals surface area contributed by atoms with Crippen LogP contribution in [0.1, 0.15) is 32.1 Å². The molecule has 0 unspecified atom stereocenters. The standard InChI is InChI=1S/C13H22N2O3/c1-14-11(16)5-3-6-13(14)7-4-8-15(10-13)12(17)9-18-2/h3-10H2,1-2H3/t13-/m1/s1. The highest BCUT2D eigenvalue weighted by atomic mass is 16.5. The smallest absolute Gasteiger partial charge is 0.248 e. The van der Waals surface area contributed by atoms with E-state index in [2.05, 4.69) is 0 Å². The second-order valence-corrected chi connectivity index (χ2v) is 5.38. The highest BCUT2D eigenvalue weighted by Gasteiger charge is 2.44. The van der Waals surface area contributed by atoms with Crippen molar-refractivity contribution in [2.75, 3.05) is 33.9 Å². The summed E-state index contributed by atoms with van der Waals surface area (Å²) < 4.78 is 4.91. The minimum absolute atomic E-state index is 0.0306. The normalized spacial score (nSPS) is 28.9. The van der Waals surface area contributed by atoms with E-state index in [0.717, 1.165) is 32.2 Å². The van der Waals surface area contributed by atoms with Gasteiger partial charge in [0.1, 0.15) is 6.61 Å². The second kappa shape index (κ2) is 5.26. The molecule has 2 fully saturated rings. The zero-order valence-electron chi connectivity index (χ0n) is 11.3. The van der Waals surface area contributed by atoms with Crippen molar-refractivity contribution in [1.29, 1.82) is 0 Å². The summed E-state index contributed by atoms with van der Waals surface area (Å²) in [6.07, 6.45) is 4.56. The molecule has 1 atom stereocenters. The zero-order valence-corrected chi connectivity index (χ0v) is 11.3. The van der Waals surface area contributed by atoms with Crippen LogP contribution in [-0.4, -0.2) is 61.0 Å². The molecule has 0 aromatic rings. The van der Waals surface area contributed by atoms with Gasteiger partial charge in [0, 0.05) is 33.7 Å². The van der Waals surface area contributed by atoms with Crippen molar-refractivity contribution in [3.8, 4) is 0 Å². The molecule has 2 saturated heterocycles. The maximum atomic E-state index is 11.9. The summed E-state index contributed by atoms with van der Waals surface area (Å²) in [5.41, 5.74) is -0.128. The van der Waals surface area contributed by atoms with Gasteiger partial charge >= 0.3 is 0 Å². The molecule has 2 rings (SSSR count). The van der Waals surface area contributed by atoms with Gasteiger partial charge in [0.25, 0.3) is 0 Å². The van der Waals surface area contributed by atoms with Gasteiger partial charge in [-0.3, -0.25) is 9.59 Å². The van der Waals surface area contributed by atoms with Gasteiger partial charge in [-0.05, 0) is 25.7 Å². The molecule has 2 amide bonds. The number of amides is 2. The number of rotatable bonds is 2. The molecule has 0 bridgehead atoms. The van der Waals surface area contributed by atoms with Crippen LogP contribution >= 0.6 is 0 Å². The molecule has 2 heterocycles. The molecule has 0 aliphatic carbocycles. The Hall–Kier alpha value is -1.10. The fourth-order valence-electron chi connectivity index (χ4n) is 3.19. The summed E-state index contributed by atoms with van der Waals surface area (Å²) in [6.45, 7) is 1.58. The third kappa shape index (κ3) is 2.36. The highest BCUT2D eigenvalue weighted by Crippen LogP contribution is 2.35. The van der Waals surface area contributed by atoms with Gasteiger partial charge in [-0.1, -0.05) is 0 Å². The van der Waals surface area contributed by atoms with Crippen LogP contribution in [0.15, 0.2) is 0 Å². The molecule has 18 heavy (non-hydrogen) atoms. The average Bonchev–Trinajstić information content (AvgIpc) is 2.37. The first-order valence-corrected chi connectivity index (χ1v) is 6.62. The number of hydrogen-bond donors (Lipinski definition) is 0. The third-order valence-electron chi connectivity index (χ3n) is 4.29. The third-order valence-corrected chi connectivity index (χ3v) is 4.29. The van der Waals surface area contributed by atoms with Crippen molar-refractivity contribution in [2.45, 2.75) is 37.6 Å². The summed E-state index contributed by atoms with van der Waals surface area (Å²) in [5.74, 6) is 0.241. The van der Waals surface area contributed by atoms with Crippen LogP contribution in [-0.2, 0) is 14.3 Å². The monoisotopic (exact) mass is 254 g/mol. The van der Waals surface area contributed by atoms with Crippen LogP contribution in [0.2, 0.25) is 0 Å². The van der Waals surface area contributed by atoms with E-state index in [4.69, 9.17) is 4.74 Å². The first-order valence-electron chi connectivity index (χ1n) is 6.62. The minimum Gasteiger partial charge on any atom is -0.375 e. The van der Waals surface area contributed by atoms with Gasteiger partial charge in [-0.25, -0.2) is 0 Å². The lowest BCUT2D eigenvalue weighted by atomic mass is 9.80. The Balaban J connectivity index is 2.09. The Morgan fingerprint density at radius 2 is 2.11 bits per heavy atom. The van der Waals surface area contributed by atoms with Crippen molar-refractivity contribution >= 4 is 11.8 Å². The molecule has 0 aromatic carbocycles. The van der Waals surface area contributed by atoms with Crippen LogP contribution in [0.3, 0.4) is 0 Å². The molecule has 0 saturated carbocycles. The lowest BCUT2D eigenvalue weighted by molar-refractivity contribution is -0.149. The fraction of sp³-hybridized carbons (Fsp3) is 0.846. The van der Waals surface area contributed by atoms with E-state index >= 15 is 0 Å². The SMILES string of the molecule is COCC(=O)N1CCC[C@]2(CCCC(=O)N2C)C1. The van der Waals surface area contributed by atoms with Crippen molar-refractivity contribution in [3.63, 3.8) is 0 Å². The topological polar surface area (TPSA) is 49.9 Å². The van der Waals surface area contributed by atoms with Gasteiger partial charge in [-0.15, -0.1) is 0 Å². The number of nitrogens with zero attached hydrogens (tertiary/aromatic N) is 2. The predicted octanol–water partition coefficient (Wildman–Crippen LogP) is 0.636. The van der Waals surface area contributed by atoms with Crippen LogP contribution in [0.5, 0.6) is 0 Å². The summed E-state index contributed by atoms with van der Waals surface area (Å²) in [5, 5.41) is 0. The number of hydrogen-bond acceptors (Lipinski definition) is 3. The Kier molecular flexibility index (Phi) is 3.90. The van der Waals surface area contributed by atoms with E-state index in [1.165, 1.54) is 7.11 Å². The molecular weight excluding hydrogens is 232 g/mol. The largest absolute Gasteiger partial charge is 0.375 e. The Morgan fingerprint density at radius 1 is 1.39 bits per heavy atom. The molecule has 1 spiro atoms. The first kappa shape index (κ1) is 13.3. The Morgan fingerprint density at radius 3 is 2.83 bits per heavy atom. The zero-order chi connectivity index (χ0) is 13.2. The molecule has 2 aliphatic rings. The Bertz CT molecular complexity index is 341. The molecule has 2 aliphatic heterocycles. The molecule has 102 valence electrons.